The summed E-state index contributed by atoms with van der Waals surface area (Å²) in [6.45, 7) is 1.47. The van der Waals surface area contributed by atoms with Gasteiger partial charge in [-0.15, -0.1) is 0 Å². The average molecular weight is 273 g/mol. The molecular weight excluding hydrogens is 263 g/mol. The molecule has 0 N–H and O–H groups in total. The molecule has 0 bridgehead atoms. The van der Waals surface area contributed by atoms with Crippen LogP contribution < -0.4 is 0 Å². The maximum Gasteiger partial charge on any atom is 0.282 e. The second-order valence-electron chi connectivity index (χ2n) is 3.50. The van der Waals surface area contributed by atoms with Crippen LogP contribution in [0.2, 0.25) is 5.02 Å². The smallest absolute Gasteiger partial charge is 0.282 e. The van der Waals surface area contributed by atoms with Crippen LogP contribution in [0.25, 0.3) is 0 Å². The lowest BCUT2D eigenvalue weighted by Crippen LogP contribution is -2.23. The van der Waals surface area contributed by atoms with E-state index in [2.05, 4.69) is 5.16 Å². The monoisotopic (exact) mass is 272 g/mol. The lowest BCUT2D eigenvalue weighted by atomic mass is 10.2. The number of amides is 1. The molecule has 0 aromatic heterocycles. The van der Waals surface area contributed by atoms with Gasteiger partial charge in [-0.3, -0.25) is 4.79 Å². The molecule has 1 aliphatic heterocycles. The highest BCUT2D eigenvalue weighted by Crippen LogP contribution is 2.14. The molecule has 0 aliphatic carbocycles. The Bertz CT molecular complexity index is 447. The molecule has 6 heteroatoms. The summed E-state index contributed by atoms with van der Waals surface area (Å²) in [4.78, 5) is 17.8. The minimum absolute atomic E-state index is 0.261. The third kappa shape index (κ3) is 3.35. The molecule has 0 spiro atoms. The molecule has 1 saturated heterocycles. The van der Waals surface area contributed by atoms with Crippen LogP contribution in [0.4, 0.5) is 0 Å². The normalized spacial score (nSPS) is 16.0. The maximum absolute atomic E-state index is 11.4. The van der Waals surface area contributed by atoms with E-state index >= 15 is 0 Å². The molecule has 0 radical (unpaired) electrons. The Kier molecular flexibility index (Phi) is 3.86. The van der Waals surface area contributed by atoms with Crippen LogP contribution in [-0.4, -0.2) is 35.7 Å². The Morgan fingerprint density at radius 1 is 1.47 bits per heavy atom. The SMILES string of the molecule is O=C(C(Cl)ON=Cc1ccccc1Cl)N1CC1. The molecule has 1 aromatic carbocycles. The number of alkyl halides is 1. The summed E-state index contributed by atoms with van der Waals surface area (Å²) in [7, 11) is 0. The van der Waals surface area contributed by atoms with Gasteiger partial charge in [0.2, 0.25) is 0 Å². The summed E-state index contributed by atoms with van der Waals surface area (Å²) in [5.41, 5.74) is -0.367. The summed E-state index contributed by atoms with van der Waals surface area (Å²) in [5, 5.41) is 4.20. The van der Waals surface area contributed by atoms with Gasteiger partial charge in [-0.25, -0.2) is 0 Å². The number of rotatable bonds is 4. The maximum atomic E-state index is 11.4. The number of oxime groups is 1. The van der Waals surface area contributed by atoms with Gasteiger partial charge in [0, 0.05) is 23.7 Å². The summed E-state index contributed by atoms with van der Waals surface area (Å²) in [5.74, 6) is -0.261. The molecule has 1 heterocycles. The second kappa shape index (κ2) is 5.38. The number of hydrogen-bond acceptors (Lipinski definition) is 3. The largest absolute Gasteiger partial charge is 0.366 e. The Morgan fingerprint density at radius 3 is 2.82 bits per heavy atom. The highest BCUT2D eigenvalue weighted by molar-refractivity contribution is 6.33. The van der Waals surface area contributed by atoms with Crippen molar-refractivity contribution in [2.45, 2.75) is 5.56 Å². The third-order valence-corrected chi connectivity index (χ3v) is 2.81. The molecule has 1 atom stereocenters. The van der Waals surface area contributed by atoms with Gasteiger partial charge in [-0.2, -0.15) is 0 Å². The van der Waals surface area contributed by atoms with Gasteiger partial charge >= 0.3 is 0 Å². The molecule has 4 nitrogen and oxygen atoms in total. The molecule has 0 saturated carbocycles. The average Bonchev–Trinajstić information content (AvgIpc) is 3.14. The summed E-state index contributed by atoms with van der Waals surface area (Å²) in [6, 6.07) is 7.16. The van der Waals surface area contributed by atoms with Gasteiger partial charge < -0.3 is 9.74 Å². The molecule has 17 heavy (non-hydrogen) atoms. The molecule has 1 amide bonds. The van der Waals surface area contributed by atoms with Crippen molar-refractivity contribution < 1.29 is 9.63 Å². The predicted molar refractivity (Wildman–Crippen MR) is 66.4 cm³/mol. The number of halogens is 2. The standard InChI is InChI=1S/C11H10Cl2N2O2/c12-9-4-2-1-3-8(9)7-14-17-10(13)11(16)15-5-6-15/h1-4,7,10H,5-6H2. The van der Waals surface area contributed by atoms with Crippen LogP contribution in [0.15, 0.2) is 29.4 Å². The van der Waals surface area contributed by atoms with Crippen molar-refractivity contribution in [3.05, 3.63) is 34.9 Å². The Balaban J connectivity index is 1.89. The van der Waals surface area contributed by atoms with Crippen LogP contribution in [0.3, 0.4) is 0 Å². The summed E-state index contributed by atoms with van der Waals surface area (Å²) in [6.07, 6.45) is 1.42. The van der Waals surface area contributed by atoms with Crippen LogP contribution in [0.1, 0.15) is 5.56 Å². The highest BCUT2D eigenvalue weighted by Gasteiger charge is 2.31. The van der Waals surface area contributed by atoms with Gasteiger partial charge in [-0.1, -0.05) is 46.6 Å². The van der Waals surface area contributed by atoms with E-state index in [9.17, 15) is 4.79 Å². The number of carbonyl (C=O) groups excluding carboxylic acids is 1. The zero-order valence-corrected chi connectivity index (χ0v) is 10.4. The van der Waals surface area contributed by atoms with Crippen LogP contribution >= 0.6 is 23.2 Å². The minimum Gasteiger partial charge on any atom is -0.366 e. The van der Waals surface area contributed by atoms with E-state index in [1.54, 1.807) is 17.0 Å². The van der Waals surface area contributed by atoms with E-state index in [0.717, 1.165) is 13.1 Å². The van der Waals surface area contributed by atoms with Gasteiger partial charge in [0.25, 0.3) is 11.5 Å². The molecule has 1 fully saturated rings. The van der Waals surface area contributed by atoms with Crippen molar-refractivity contribution in [3.8, 4) is 0 Å². The third-order valence-electron chi connectivity index (χ3n) is 2.20. The summed E-state index contributed by atoms with van der Waals surface area (Å²) >= 11 is 11.6. The molecular formula is C11H10Cl2N2O2. The first kappa shape index (κ1) is 12.2. The number of hydrogen-bond donors (Lipinski definition) is 0. The van der Waals surface area contributed by atoms with Crippen LogP contribution in [0, 0.1) is 0 Å². The Morgan fingerprint density at radius 2 is 2.18 bits per heavy atom. The molecule has 1 aromatic rings. The highest BCUT2D eigenvalue weighted by atomic mass is 35.5. The van der Waals surface area contributed by atoms with Crippen molar-refractivity contribution in [3.63, 3.8) is 0 Å². The number of carbonyl (C=O) groups is 1. The van der Waals surface area contributed by atoms with Crippen LogP contribution in [0.5, 0.6) is 0 Å². The van der Waals surface area contributed by atoms with E-state index < -0.39 is 5.56 Å². The van der Waals surface area contributed by atoms with Crippen LogP contribution in [-0.2, 0) is 9.63 Å². The van der Waals surface area contributed by atoms with E-state index in [1.807, 2.05) is 12.1 Å². The Hall–Kier alpha value is -1.26. The number of benzene rings is 1. The van der Waals surface area contributed by atoms with E-state index in [-0.39, 0.29) is 5.91 Å². The quantitative estimate of drug-likeness (QED) is 0.365. The summed E-state index contributed by atoms with van der Waals surface area (Å²) < 4.78 is 0. The second-order valence-corrected chi connectivity index (χ2v) is 4.31. The van der Waals surface area contributed by atoms with Crippen molar-refractivity contribution in [2.24, 2.45) is 5.16 Å². The molecule has 90 valence electrons. The predicted octanol–water partition coefficient (Wildman–Crippen LogP) is 2.10. The van der Waals surface area contributed by atoms with Gasteiger partial charge in [0.1, 0.15) is 0 Å². The zero-order valence-electron chi connectivity index (χ0n) is 8.85. The lowest BCUT2D eigenvalue weighted by molar-refractivity contribution is -0.132. The minimum atomic E-state index is -1.07. The van der Waals surface area contributed by atoms with E-state index in [4.69, 9.17) is 28.0 Å². The van der Waals surface area contributed by atoms with E-state index in [0.29, 0.717) is 10.6 Å². The van der Waals surface area contributed by atoms with Crippen molar-refractivity contribution in [1.29, 1.82) is 0 Å². The fraction of sp³-hybridized carbons (Fsp3) is 0.273. The molecule has 1 aliphatic rings. The van der Waals surface area contributed by atoms with Gasteiger partial charge in [-0.05, 0) is 6.07 Å². The first-order chi connectivity index (χ1) is 8.18. The van der Waals surface area contributed by atoms with Gasteiger partial charge in [0.05, 0.1) is 6.21 Å². The van der Waals surface area contributed by atoms with Gasteiger partial charge in [0.15, 0.2) is 0 Å². The Labute approximate surface area is 109 Å². The molecule has 2 rings (SSSR count). The van der Waals surface area contributed by atoms with Crippen molar-refractivity contribution >= 4 is 35.3 Å². The lowest BCUT2D eigenvalue weighted by Gasteiger charge is -2.06. The number of nitrogens with zero attached hydrogens (tertiary/aromatic N) is 2. The zero-order chi connectivity index (χ0) is 12.3. The first-order valence-corrected chi connectivity index (χ1v) is 5.86. The first-order valence-electron chi connectivity index (χ1n) is 5.05. The van der Waals surface area contributed by atoms with Crippen molar-refractivity contribution in [2.75, 3.05) is 13.1 Å². The topological polar surface area (TPSA) is 41.7 Å². The van der Waals surface area contributed by atoms with E-state index in [1.165, 1.54) is 6.21 Å². The molecule has 1 unspecified atom stereocenters. The fourth-order valence-electron chi connectivity index (χ4n) is 1.18. The van der Waals surface area contributed by atoms with Crippen molar-refractivity contribution in [1.82, 2.24) is 4.90 Å². The fourth-order valence-corrected chi connectivity index (χ4v) is 1.55.